The summed E-state index contributed by atoms with van der Waals surface area (Å²) in [4.78, 5) is 14.4. The minimum absolute atomic E-state index is 0.394. The monoisotopic (exact) mass is 222 g/mol. The Bertz CT molecular complexity index is 278. The molecule has 3 rings (SSSR count). The van der Waals surface area contributed by atoms with Gasteiger partial charge >= 0.3 is 0 Å². The first-order valence-corrected chi connectivity index (χ1v) is 6.81. The molecule has 1 spiro atoms. The predicted octanol–water partition coefficient (Wildman–Crippen LogP) is 1.39. The summed E-state index contributed by atoms with van der Waals surface area (Å²) < 4.78 is 0. The van der Waals surface area contributed by atoms with E-state index in [2.05, 4.69) is 10.2 Å². The van der Waals surface area contributed by atoms with Crippen LogP contribution in [0.4, 0.5) is 0 Å². The fourth-order valence-electron chi connectivity index (χ4n) is 3.61. The van der Waals surface area contributed by atoms with Crippen LogP contribution in [0.15, 0.2) is 0 Å². The zero-order valence-corrected chi connectivity index (χ0v) is 10.0. The maximum absolute atomic E-state index is 12.3. The zero-order valence-electron chi connectivity index (χ0n) is 10.0. The Morgan fingerprint density at radius 1 is 1.12 bits per heavy atom. The normalized spacial score (nSPS) is 32.8. The van der Waals surface area contributed by atoms with Crippen LogP contribution in [-0.2, 0) is 4.79 Å². The van der Waals surface area contributed by atoms with Crippen LogP contribution >= 0.6 is 0 Å². The second-order valence-electron chi connectivity index (χ2n) is 5.76. The minimum atomic E-state index is 0.394. The summed E-state index contributed by atoms with van der Waals surface area (Å²) in [5.74, 6) is 0.856. The number of amides is 1. The number of rotatable bonds is 1. The summed E-state index contributed by atoms with van der Waals surface area (Å²) in [7, 11) is 0. The van der Waals surface area contributed by atoms with Crippen molar-refractivity contribution in [2.45, 2.75) is 38.5 Å². The third kappa shape index (κ3) is 1.75. The minimum Gasteiger partial charge on any atom is -0.340 e. The molecular formula is C13H22N2O. The molecule has 90 valence electrons. The smallest absolute Gasteiger partial charge is 0.226 e. The number of nitrogens with zero attached hydrogens (tertiary/aromatic N) is 1. The Kier molecular flexibility index (Phi) is 2.66. The maximum Gasteiger partial charge on any atom is 0.226 e. The van der Waals surface area contributed by atoms with Crippen molar-refractivity contribution in [1.29, 1.82) is 0 Å². The van der Waals surface area contributed by atoms with E-state index in [4.69, 9.17) is 0 Å². The lowest BCUT2D eigenvalue weighted by atomic mass is 9.84. The van der Waals surface area contributed by atoms with E-state index in [0.29, 0.717) is 17.2 Å². The number of hydrogen-bond donors (Lipinski definition) is 1. The highest BCUT2D eigenvalue weighted by atomic mass is 16.2. The highest BCUT2D eigenvalue weighted by molar-refractivity contribution is 5.82. The molecule has 3 heteroatoms. The Labute approximate surface area is 97.6 Å². The Morgan fingerprint density at radius 2 is 1.81 bits per heavy atom. The molecule has 0 bridgehead atoms. The van der Waals surface area contributed by atoms with Crippen LogP contribution in [0.3, 0.4) is 0 Å². The van der Waals surface area contributed by atoms with Crippen LogP contribution in [0.2, 0.25) is 0 Å². The molecule has 1 saturated heterocycles. The molecule has 0 radical (unpaired) electrons. The summed E-state index contributed by atoms with van der Waals surface area (Å²) in [6.07, 6.45) is 7.91. The average Bonchev–Trinajstić information content (AvgIpc) is 3.04. The van der Waals surface area contributed by atoms with Crippen LogP contribution in [-0.4, -0.2) is 37.0 Å². The Hall–Kier alpha value is -0.570. The van der Waals surface area contributed by atoms with Gasteiger partial charge in [0.05, 0.1) is 0 Å². The molecule has 16 heavy (non-hydrogen) atoms. The van der Waals surface area contributed by atoms with E-state index in [1.54, 1.807) is 0 Å². The van der Waals surface area contributed by atoms with Gasteiger partial charge in [-0.1, -0.05) is 19.3 Å². The van der Waals surface area contributed by atoms with Crippen LogP contribution < -0.4 is 5.32 Å². The molecule has 3 nitrogen and oxygen atoms in total. The molecule has 0 aromatic rings. The largest absolute Gasteiger partial charge is 0.340 e. The van der Waals surface area contributed by atoms with Crippen LogP contribution in [0.25, 0.3) is 0 Å². The first kappa shape index (κ1) is 10.6. The van der Waals surface area contributed by atoms with Gasteiger partial charge in [-0.15, -0.1) is 0 Å². The highest BCUT2D eigenvalue weighted by Gasteiger charge is 2.58. The summed E-state index contributed by atoms with van der Waals surface area (Å²) in [6.45, 7) is 3.80. The second kappa shape index (κ2) is 4.02. The molecule has 2 aliphatic carbocycles. The fraction of sp³-hybridized carbons (Fsp3) is 0.923. The van der Waals surface area contributed by atoms with Gasteiger partial charge in [0.15, 0.2) is 0 Å². The van der Waals surface area contributed by atoms with Crippen molar-refractivity contribution in [3.8, 4) is 0 Å². The molecule has 3 fully saturated rings. The van der Waals surface area contributed by atoms with Gasteiger partial charge in [-0.25, -0.2) is 0 Å². The molecule has 1 N–H and O–H groups in total. The van der Waals surface area contributed by atoms with E-state index in [-0.39, 0.29) is 0 Å². The summed E-state index contributed by atoms with van der Waals surface area (Å²) in [5.41, 5.74) is 0.459. The van der Waals surface area contributed by atoms with E-state index in [9.17, 15) is 4.79 Å². The molecule has 0 aromatic carbocycles. The standard InChI is InChI=1S/C13H22N2O/c16-12(15-8-6-14-7-9-15)11-10-13(11)4-2-1-3-5-13/h11,14H,1-10H2. The SMILES string of the molecule is O=C(C1CC12CCCCC2)N1CCNCC1. The highest BCUT2D eigenvalue weighted by Crippen LogP contribution is 2.61. The molecule has 1 heterocycles. The topological polar surface area (TPSA) is 32.3 Å². The molecule has 1 unspecified atom stereocenters. The fourth-order valence-corrected chi connectivity index (χ4v) is 3.61. The molecule has 1 aliphatic heterocycles. The Balaban J connectivity index is 1.60. The lowest BCUT2D eigenvalue weighted by molar-refractivity contribution is -0.134. The van der Waals surface area contributed by atoms with Gasteiger partial charge in [0.2, 0.25) is 5.91 Å². The van der Waals surface area contributed by atoms with Crippen molar-refractivity contribution in [3.63, 3.8) is 0 Å². The van der Waals surface area contributed by atoms with Crippen molar-refractivity contribution in [3.05, 3.63) is 0 Å². The van der Waals surface area contributed by atoms with E-state index < -0.39 is 0 Å². The quantitative estimate of drug-likeness (QED) is 0.727. The molecule has 3 aliphatic rings. The third-order valence-electron chi connectivity index (χ3n) is 4.77. The first-order chi connectivity index (χ1) is 7.82. The third-order valence-corrected chi connectivity index (χ3v) is 4.77. The number of nitrogens with one attached hydrogen (secondary N) is 1. The number of carbonyl (C=O) groups is 1. The number of piperazine rings is 1. The van der Waals surface area contributed by atoms with E-state index in [1.165, 1.54) is 38.5 Å². The van der Waals surface area contributed by atoms with Gasteiger partial charge in [0.25, 0.3) is 0 Å². The van der Waals surface area contributed by atoms with Gasteiger partial charge in [-0.2, -0.15) is 0 Å². The van der Waals surface area contributed by atoms with Crippen molar-refractivity contribution >= 4 is 5.91 Å². The predicted molar refractivity (Wildman–Crippen MR) is 63.1 cm³/mol. The van der Waals surface area contributed by atoms with Crippen LogP contribution in [0, 0.1) is 11.3 Å². The summed E-state index contributed by atoms with van der Waals surface area (Å²) in [5, 5.41) is 3.31. The maximum atomic E-state index is 12.3. The van der Waals surface area contributed by atoms with E-state index >= 15 is 0 Å². The number of hydrogen-bond acceptors (Lipinski definition) is 2. The first-order valence-electron chi connectivity index (χ1n) is 6.81. The molecular weight excluding hydrogens is 200 g/mol. The van der Waals surface area contributed by atoms with E-state index in [0.717, 1.165) is 26.2 Å². The summed E-state index contributed by atoms with van der Waals surface area (Å²) >= 11 is 0. The zero-order chi connectivity index (χ0) is 11.0. The molecule has 2 saturated carbocycles. The van der Waals surface area contributed by atoms with Gasteiger partial charge in [-0.05, 0) is 24.7 Å². The second-order valence-corrected chi connectivity index (χ2v) is 5.76. The van der Waals surface area contributed by atoms with Crippen molar-refractivity contribution in [2.75, 3.05) is 26.2 Å². The summed E-state index contributed by atoms with van der Waals surface area (Å²) in [6, 6.07) is 0. The van der Waals surface area contributed by atoms with Crippen molar-refractivity contribution in [1.82, 2.24) is 10.2 Å². The molecule has 1 atom stereocenters. The van der Waals surface area contributed by atoms with Gasteiger partial charge in [0, 0.05) is 32.1 Å². The number of carbonyl (C=O) groups excluding carboxylic acids is 1. The van der Waals surface area contributed by atoms with E-state index in [1.807, 2.05) is 0 Å². The lowest BCUT2D eigenvalue weighted by Gasteiger charge is -2.29. The molecule has 0 aromatic heterocycles. The van der Waals surface area contributed by atoms with Crippen LogP contribution in [0.5, 0.6) is 0 Å². The van der Waals surface area contributed by atoms with Gasteiger partial charge in [-0.3, -0.25) is 4.79 Å². The van der Waals surface area contributed by atoms with Crippen LogP contribution in [0.1, 0.15) is 38.5 Å². The van der Waals surface area contributed by atoms with Crippen molar-refractivity contribution < 1.29 is 4.79 Å². The van der Waals surface area contributed by atoms with Crippen molar-refractivity contribution in [2.24, 2.45) is 11.3 Å². The van der Waals surface area contributed by atoms with Gasteiger partial charge < -0.3 is 10.2 Å². The Morgan fingerprint density at radius 3 is 2.50 bits per heavy atom. The molecule has 1 amide bonds. The average molecular weight is 222 g/mol. The van der Waals surface area contributed by atoms with Gasteiger partial charge in [0.1, 0.15) is 0 Å². The lowest BCUT2D eigenvalue weighted by Crippen LogP contribution is -2.47.